The van der Waals surface area contributed by atoms with Crippen LogP contribution < -0.4 is 5.59 Å². The van der Waals surface area contributed by atoms with Gasteiger partial charge in [0.25, 0.3) is 10.0 Å². The summed E-state index contributed by atoms with van der Waals surface area (Å²) in [5, 5.41) is 19.7. The van der Waals surface area contributed by atoms with E-state index in [0.29, 0.717) is 10.9 Å². The lowest BCUT2D eigenvalue weighted by molar-refractivity contribution is 0.423. The summed E-state index contributed by atoms with van der Waals surface area (Å²) in [7, 11) is -5.80. The van der Waals surface area contributed by atoms with Gasteiger partial charge in [-0.2, -0.15) is 0 Å². The van der Waals surface area contributed by atoms with Gasteiger partial charge in [-0.1, -0.05) is 35.9 Å². The molecule has 3 aromatic rings. The molecule has 22 heavy (non-hydrogen) atoms. The summed E-state index contributed by atoms with van der Waals surface area (Å²) >= 11 is 0. The van der Waals surface area contributed by atoms with Gasteiger partial charge in [-0.3, -0.25) is 0 Å². The summed E-state index contributed by atoms with van der Waals surface area (Å²) in [5.74, 6) is 0. The number of benzene rings is 2. The minimum Gasteiger partial charge on any atom is -0.422 e. The first kappa shape index (κ1) is 14.8. The number of para-hydroxylation sites is 1. The Kier molecular flexibility index (Phi) is 3.56. The summed E-state index contributed by atoms with van der Waals surface area (Å²) in [4.78, 5) is 0.0985. The molecule has 0 spiro atoms. The van der Waals surface area contributed by atoms with E-state index in [2.05, 4.69) is 0 Å². The van der Waals surface area contributed by atoms with E-state index in [-0.39, 0.29) is 10.5 Å². The summed E-state index contributed by atoms with van der Waals surface area (Å²) < 4.78 is 26.8. The van der Waals surface area contributed by atoms with Crippen LogP contribution in [-0.2, 0) is 10.0 Å². The highest BCUT2D eigenvalue weighted by atomic mass is 32.2. The average molecular weight is 315 g/mol. The van der Waals surface area contributed by atoms with Crippen LogP contribution in [0, 0.1) is 6.92 Å². The van der Waals surface area contributed by atoms with Crippen molar-refractivity contribution in [2.45, 2.75) is 11.8 Å². The maximum atomic E-state index is 12.9. The van der Waals surface area contributed by atoms with Crippen LogP contribution in [0.15, 0.2) is 59.5 Å². The zero-order valence-electron chi connectivity index (χ0n) is 11.8. The number of fused-ring (bicyclic) bond motifs is 1. The monoisotopic (exact) mass is 315 g/mol. The van der Waals surface area contributed by atoms with Crippen LogP contribution in [0.3, 0.4) is 0 Å². The molecule has 2 N–H and O–H groups in total. The SMILES string of the molecule is Cc1ccc(S(=O)(=O)n2c(B(O)O)cc3ccccc32)cc1. The molecule has 7 heteroatoms. The molecule has 0 fully saturated rings. The van der Waals surface area contributed by atoms with Crippen molar-refractivity contribution in [1.29, 1.82) is 0 Å². The molecule has 0 atom stereocenters. The van der Waals surface area contributed by atoms with Gasteiger partial charge in [-0.25, -0.2) is 12.4 Å². The largest absolute Gasteiger partial charge is 0.507 e. The van der Waals surface area contributed by atoms with E-state index >= 15 is 0 Å². The quantitative estimate of drug-likeness (QED) is 0.703. The standard InChI is InChI=1S/C15H14BNO4S/c1-11-6-8-13(9-7-11)22(20,21)17-14-5-3-2-4-12(14)10-15(17)16(18)19/h2-10,18-19H,1H3. The molecule has 0 unspecified atom stereocenters. The van der Waals surface area contributed by atoms with Crippen molar-refractivity contribution in [3.8, 4) is 0 Å². The Hall–Kier alpha value is -2.09. The molecule has 112 valence electrons. The highest BCUT2D eigenvalue weighted by Gasteiger charge is 2.28. The summed E-state index contributed by atoms with van der Waals surface area (Å²) in [5.41, 5.74) is 1.27. The van der Waals surface area contributed by atoms with Crippen molar-refractivity contribution in [2.75, 3.05) is 0 Å². The van der Waals surface area contributed by atoms with Crippen LogP contribution >= 0.6 is 0 Å². The van der Waals surface area contributed by atoms with Crippen molar-refractivity contribution in [3.05, 3.63) is 60.2 Å². The number of aryl methyl sites for hydroxylation is 1. The van der Waals surface area contributed by atoms with E-state index in [0.717, 1.165) is 9.54 Å². The Morgan fingerprint density at radius 2 is 1.64 bits per heavy atom. The van der Waals surface area contributed by atoms with E-state index in [1.807, 2.05) is 6.92 Å². The zero-order valence-corrected chi connectivity index (χ0v) is 12.7. The van der Waals surface area contributed by atoms with E-state index in [1.54, 1.807) is 36.4 Å². The molecule has 5 nitrogen and oxygen atoms in total. The number of hydrogen-bond acceptors (Lipinski definition) is 4. The minimum absolute atomic E-state index is 0.0817. The third-order valence-corrected chi connectivity index (χ3v) is 5.27. The Morgan fingerprint density at radius 1 is 1.00 bits per heavy atom. The predicted molar refractivity (Wildman–Crippen MR) is 85.5 cm³/mol. The molecule has 0 aliphatic rings. The fourth-order valence-corrected chi connectivity index (χ4v) is 3.96. The van der Waals surface area contributed by atoms with Crippen LogP contribution in [0.5, 0.6) is 0 Å². The van der Waals surface area contributed by atoms with Crippen LogP contribution in [0.25, 0.3) is 10.9 Å². The zero-order chi connectivity index (χ0) is 15.9. The van der Waals surface area contributed by atoms with Crippen LogP contribution in [0.2, 0.25) is 0 Å². The average Bonchev–Trinajstić information content (AvgIpc) is 2.88. The van der Waals surface area contributed by atoms with Gasteiger partial charge in [-0.15, -0.1) is 0 Å². The van der Waals surface area contributed by atoms with Crippen LogP contribution in [0.1, 0.15) is 5.56 Å². The summed E-state index contributed by atoms with van der Waals surface area (Å²) in [6.45, 7) is 1.87. The first-order chi connectivity index (χ1) is 10.4. The Balaban J connectivity index is 2.32. The molecule has 0 saturated heterocycles. The number of hydrogen-bond donors (Lipinski definition) is 2. The molecule has 0 aliphatic carbocycles. The Labute approximate surface area is 128 Å². The third kappa shape index (κ3) is 2.33. The fraction of sp³-hybridized carbons (Fsp3) is 0.0667. The molecule has 0 bridgehead atoms. The second-order valence-electron chi connectivity index (χ2n) is 5.08. The fourth-order valence-electron chi connectivity index (χ4n) is 2.41. The first-order valence-corrected chi connectivity index (χ1v) is 8.14. The van der Waals surface area contributed by atoms with Crippen molar-refractivity contribution in [2.24, 2.45) is 0 Å². The first-order valence-electron chi connectivity index (χ1n) is 6.70. The number of aromatic nitrogens is 1. The van der Waals surface area contributed by atoms with Gasteiger partial charge < -0.3 is 10.0 Å². The maximum Gasteiger partial charge on any atom is 0.507 e. The molecule has 1 aromatic heterocycles. The maximum absolute atomic E-state index is 12.9. The number of rotatable bonds is 3. The lowest BCUT2D eigenvalue weighted by Gasteiger charge is -2.12. The van der Waals surface area contributed by atoms with E-state index in [1.165, 1.54) is 18.2 Å². The van der Waals surface area contributed by atoms with E-state index in [9.17, 15) is 18.5 Å². The highest BCUT2D eigenvalue weighted by Crippen LogP contribution is 2.21. The second-order valence-corrected chi connectivity index (χ2v) is 6.87. The smallest absolute Gasteiger partial charge is 0.422 e. The Morgan fingerprint density at radius 3 is 2.27 bits per heavy atom. The van der Waals surface area contributed by atoms with Gasteiger partial charge in [0, 0.05) is 5.39 Å². The van der Waals surface area contributed by atoms with Gasteiger partial charge in [0.05, 0.1) is 16.0 Å². The lowest BCUT2D eigenvalue weighted by Crippen LogP contribution is -2.38. The van der Waals surface area contributed by atoms with E-state index < -0.39 is 17.1 Å². The second kappa shape index (κ2) is 5.28. The predicted octanol–water partition coefficient (Wildman–Crippen LogP) is 0.867. The third-order valence-electron chi connectivity index (χ3n) is 3.52. The molecule has 0 aliphatic heterocycles. The molecule has 0 amide bonds. The highest BCUT2D eigenvalue weighted by molar-refractivity contribution is 7.90. The topological polar surface area (TPSA) is 79.5 Å². The number of nitrogens with zero attached hydrogens (tertiary/aromatic N) is 1. The lowest BCUT2D eigenvalue weighted by atomic mass is 9.86. The van der Waals surface area contributed by atoms with Crippen molar-refractivity contribution >= 4 is 33.6 Å². The normalized spacial score (nSPS) is 11.8. The molecular formula is C15H14BNO4S. The van der Waals surface area contributed by atoms with Gasteiger partial charge in [0.1, 0.15) is 0 Å². The van der Waals surface area contributed by atoms with Gasteiger partial charge in [-0.05, 0) is 31.2 Å². The summed E-state index contributed by atoms with van der Waals surface area (Å²) in [6, 6.07) is 14.7. The van der Waals surface area contributed by atoms with Crippen molar-refractivity contribution in [1.82, 2.24) is 3.97 Å². The Bertz CT molecular complexity index is 930. The molecule has 0 radical (unpaired) electrons. The van der Waals surface area contributed by atoms with Crippen molar-refractivity contribution < 1.29 is 18.5 Å². The van der Waals surface area contributed by atoms with Crippen LogP contribution in [-0.4, -0.2) is 29.6 Å². The molecular weight excluding hydrogens is 301 g/mol. The van der Waals surface area contributed by atoms with Gasteiger partial charge in [0.2, 0.25) is 0 Å². The molecule has 2 aromatic carbocycles. The minimum atomic E-state index is -3.92. The molecule has 3 rings (SSSR count). The van der Waals surface area contributed by atoms with E-state index in [4.69, 9.17) is 0 Å². The van der Waals surface area contributed by atoms with Gasteiger partial charge >= 0.3 is 7.12 Å². The summed E-state index contributed by atoms with van der Waals surface area (Å²) in [6.07, 6.45) is 0. The van der Waals surface area contributed by atoms with Crippen LogP contribution in [0.4, 0.5) is 0 Å². The van der Waals surface area contributed by atoms with Crippen molar-refractivity contribution in [3.63, 3.8) is 0 Å². The molecule has 0 saturated carbocycles. The van der Waals surface area contributed by atoms with Gasteiger partial charge in [0.15, 0.2) is 0 Å². The molecule has 1 heterocycles.